The summed E-state index contributed by atoms with van der Waals surface area (Å²) in [5, 5.41) is 3.31. The van der Waals surface area contributed by atoms with E-state index in [-0.39, 0.29) is 5.56 Å². The van der Waals surface area contributed by atoms with Crippen LogP contribution in [0.15, 0.2) is 18.2 Å². The van der Waals surface area contributed by atoms with Gasteiger partial charge in [0.15, 0.2) is 0 Å². The predicted octanol–water partition coefficient (Wildman–Crippen LogP) is 2.97. The molecule has 0 atom stereocenters. The molecule has 0 aliphatic heterocycles. The van der Waals surface area contributed by atoms with Gasteiger partial charge in [-0.3, -0.25) is 0 Å². The highest BCUT2D eigenvalue weighted by atomic mass is 19.1. The highest BCUT2D eigenvalue weighted by Gasteiger charge is 2.17. The predicted molar refractivity (Wildman–Crippen MR) is 63.6 cm³/mol. The first-order valence-corrected chi connectivity index (χ1v) is 5.85. The minimum atomic E-state index is -0.641. The van der Waals surface area contributed by atoms with Crippen LogP contribution in [0, 0.1) is 5.82 Å². The largest absolute Gasteiger partial charge is 0.465 e. The van der Waals surface area contributed by atoms with Gasteiger partial charge in [0.25, 0.3) is 0 Å². The van der Waals surface area contributed by atoms with Crippen LogP contribution >= 0.6 is 0 Å². The van der Waals surface area contributed by atoms with Gasteiger partial charge in [-0.25, -0.2) is 9.18 Å². The van der Waals surface area contributed by atoms with Gasteiger partial charge in [0.1, 0.15) is 5.82 Å². The zero-order chi connectivity index (χ0) is 12.3. The molecule has 1 aliphatic carbocycles. The molecule has 92 valence electrons. The number of carbonyl (C=O) groups excluding carboxylic acids is 1. The Hall–Kier alpha value is -1.58. The van der Waals surface area contributed by atoms with Crippen LogP contribution in [0.3, 0.4) is 0 Å². The number of benzene rings is 1. The summed E-state index contributed by atoms with van der Waals surface area (Å²) in [5.74, 6) is -1.19. The highest BCUT2D eigenvalue weighted by Crippen LogP contribution is 2.23. The molecule has 4 heteroatoms. The van der Waals surface area contributed by atoms with E-state index in [2.05, 4.69) is 10.1 Å². The second-order valence-corrected chi connectivity index (χ2v) is 4.31. The Morgan fingerprint density at radius 2 is 2.12 bits per heavy atom. The van der Waals surface area contributed by atoms with Gasteiger partial charge in [-0.2, -0.15) is 0 Å². The van der Waals surface area contributed by atoms with Crippen LogP contribution in [0.4, 0.5) is 10.1 Å². The lowest BCUT2D eigenvalue weighted by molar-refractivity contribution is 0.0595. The molecule has 1 aromatic rings. The zero-order valence-corrected chi connectivity index (χ0v) is 9.83. The van der Waals surface area contributed by atoms with Crippen LogP contribution in [-0.2, 0) is 4.74 Å². The zero-order valence-electron chi connectivity index (χ0n) is 9.83. The Labute approximate surface area is 100.0 Å². The third-order valence-electron chi connectivity index (χ3n) is 3.10. The van der Waals surface area contributed by atoms with E-state index in [9.17, 15) is 9.18 Å². The van der Waals surface area contributed by atoms with Crippen LogP contribution in [0.2, 0.25) is 0 Å². The first-order chi connectivity index (χ1) is 8.20. The summed E-state index contributed by atoms with van der Waals surface area (Å²) in [7, 11) is 1.25. The summed E-state index contributed by atoms with van der Waals surface area (Å²) < 4.78 is 17.9. The van der Waals surface area contributed by atoms with Gasteiger partial charge < -0.3 is 10.1 Å². The molecule has 1 aromatic carbocycles. The van der Waals surface area contributed by atoms with Crippen molar-refractivity contribution in [1.29, 1.82) is 0 Å². The first-order valence-electron chi connectivity index (χ1n) is 5.85. The molecule has 0 saturated heterocycles. The van der Waals surface area contributed by atoms with Crippen molar-refractivity contribution in [1.82, 2.24) is 0 Å². The maximum absolute atomic E-state index is 13.4. The summed E-state index contributed by atoms with van der Waals surface area (Å²) in [6, 6.07) is 4.90. The molecule has 0 spiro atoms. The number of methoxy groups -OCH3 is 1. The molecular weight excluding hydrogens is 221 g/mol. The number of nitrogens with one attached hydrogen (secondary N) is 1. The van der Waals surface area contributed by atoms with E-state index in [1.807, 2.05) is 0 Å². The number of hydrogen-bond donors (Lipinski definition) is 1. The van der Waals surface area contributed by atoms with E-state index < -0.39 is 11.8 Å². The van der Waals surface area contributed by atoms with E-state index in [4.69, 9.17) is 0 Å². The van der Waals surface area contributed by atoms with Crippen molar-refractivity contribution in [2.45, 2.75) is 31.7 Å². The maximum Gasteiger partial charge on any atom is 0.340 e. The number of esters is 1. The van der Waals surface area contributed by atoms with Crippen molar-refractivity contribution in [2.75, 3.05) is 12.4 Å². The van der Waals surface area contributed by atoms with Crippen LogP contribution < -0.4 is 5.32 Å². The third-order valence-corrected chi connectivity index (χ3v) is 3.10. The summed E-state index contributed by atoms with van der Waals surface area (Å²) in [5.41, 5.74) is 0.759. The summed E-state index contributed by atoms with van der Waals surface area (Å²) >= 11 is 0. The standard InChI is InChI=1S/C13H16FNO2/c1-17-13(16)11-8-10(6-7-12(11)14)15-9-4-2-3-5-9/h6-9,15H,2-5H2,1H3. The topological polar surface area (TPSA) is 38.3 Å². The quantitative estimate of drug-likeness (QED) is 0.821. The third kappa shape index (κ3) is 2.75. The number of halogens is 1. The summed E-state index contributed by atoms with van der Waals surface area (Å²) in [4.78, 5) is 11.3. The molecule has 3 nitrogen and oxygen atoms in total. The highest BCUT2D eigenvalue weighted by molar-refractivity contribution is 5.90. The molecule has 0 heterocycles. The first kappa shape index (κ1) is 11.9. The number of carbonyl (C=O) groups is 1. The monoisotopic (exact) mass is 237 g/mol. The van der Waals surface area contributed by atoms with Crippen LogP contribution in [0.5, 0.6) is 0 Å². The van der Waals surface area contributed by atoms with Crippen molar-refractivity contribution >= 4 is 11.7 Å². The van der Waals surface area contributed by atoms with Crippen molar-refractivity contribution < 1.29 is 13.9 Å². The summed E-state index contributed by atoms with van der Waals surface area (Å²) in [6.45, 7) is 0. The smallest absolute Gasteiger partial charge is 0.340 e. The van der Waals surface area contributed by atoms with E-state index >= 15 is 0 Å². The van der Waals surface area contributed by atoms with Crippen LogP contribution in [0.25, 0.3) is 0 Å². The second-order valence-electron chi connectivity index (χ2n) is 4.31. The van der Waals surface area contributed by atoms with E-state index in [1.54, 1.807) is 6.07 Å². The molecule has 0 unspecified atom stereocenters. The molecule has 0 radical (unpaired) electrons. The normalized spacial score (nSPS) is 15.9. The molecule has 1 N–H and O–H groups in total. The molecule has 2 rings (SSSR count). The fourth-order valence-corrected chi connectivity index (χ4v) is 2.19. The average Bonchev–Trinajstić information content (AvgIpc) is 2.83. The Morgan fingerprint density at radius 3 is 2.76 bits per heavy atom. The Bertz CT molecular complexity index is 414. The minimum Gasteiger partial charge on any atom is -0.465 e. The molecule has 0 amide bonds. The lowest BCUT2D eigenvalue weighted by atomic mass is 10.1. The van der Waals surface area contributed by atoms with Gasteiger partial charge in [0.05, 0.1) is 12.7 Å². The SMILES string of the molecule is COC(=O)c1cc(NC2CCCC2)ccc1F. The van der Waals surface area contributed by atoms with Crippen LogP contribution in [-0.4, -0.2) is 19.1 Å². The van der Waals surface area contributed by atoms with Crippen molar-refractivity contribution in [3.05, 3.63) is 29.6 Å². The van der Waals surface area contributed by atoms with E-state index in [0.29, 0.717) is 6.04 Å². The van der Waals surface area contributed by atoms with Gasteiger partial charge in [-0.05, 0) is 31.0 Å². The summed E-state index contributed by atoms with van der Waals surface area (Å²) in [6.07, 6.45) is 4.71. The Kier molecular flexibility index (Phi) is 3.61. The van der Waals surface area contributed by atoms with Gasteiger partial charge in [0.2, 0.25) is 0 Å². The number of rotatable bonds is 3. The number of anilines is 1. The van der Waals surface area contributed by atoms with Gasteiger partial charge in [-0.1, -0.05) is 12.8 Å². The van der Waals surface area contributed by atoms with Crippen molar-refractivity contribution in [2.24, 2.45) is 0 Å². The Balaban J connectivity index is 2.15. The van der Waals surface area contributed by atoms with Crippen molar-refractivity contribution in [3.63, 3.8) is 0 Å². The molecule has 17 heavy (non-hydrogen) atoms. The fourth-order valence-electron chi connectivity index (χ4n) is 2.19. The maximum atomic E-state index is 13.4. The average molecular weight is 237 g/mol. The lowest BCUT2D eigenvalue weighted by Crippen LogP contribution is -2.15. The van der Waals surface area contributed by atoms with Gasteiger partial charge in [0, 0.05) is 11.7 Å². The Morgan fingerprint density at radius 1 is 1.41 bits per heavy atom. The van der Waals surface area contributed by atoms with E-state index in [0.717, 1.165) is 18.5 Å². The van der Waals surface area contributed by atoms with Crippen LogP contribution in [0.1, 0.15) is 36.0 Å². The van der Waals surface area contributed by atoms with E-state index in [1.165, 1.54) is 32.1 Å². The molecule has 0 aromatic heterocycles. The molecule has 1 aliphatic rings. The number of hydrogen-bond acceptors (Lipinski definition) is 3. The van der Waals surface area contributed by atoms with Gasteiger partial charge >= 0.3 is 5.97 Å². The number of ether oxygens (including phenoxy) is 1. The van der Waals surface area contributed by atoms with Crippen molar-refractivity contribution in [3.8, 4) is 0 Å². The minimum absolute atomic E-state index is 0.0181. The molecule has 1 saturated carbocycles. The molecular formula is C13H16FNO2. The van der Waals surface area contributed by atoms with Gasteiger partial charge in [-0.15, -0.1) is 0 Å². The molecule has 0 bridgehead atoms. The lowest BCUT2D eigenvalue weighted by Gasteiger charge is -2.14. The fraction of sp³-hybridized carbons (Fsp3) is 0.462. The second kappa shape index (κ2) is 5.17. The molecule has 1 fully saturated rings.